The fourth-order valence-electron chi connectivity index (χ4n) is 2.47. The van der Waals surface area contributed by atoms with E-state index >= 15 is 0 Å². The topological polar surface area (TPSA) is 68.2 Å². The van der Waals surface area contributed by atoms with Crippen LogP contribution in [0.15, 0.2) is 29.1 Å². The van der Waals surface area contributed by atoms with Gasteiger partial charge in [0.05, 0.1) is 4.53 Å². The molecule has 0 radical (unpaired) electrons. The number of carbonyl (C=O) groups excluding carboxylic acids is 2. The van der Waals surface area contributed by atoms with E-state index in [2.05, 4.69) is 5.32 Å². The summed E-state index contributed by atoms with van der Waals surface area (Å²) in [6, 6.07) is 5.88. The van der Waals surface area contributed by atoms with E-state index in [0.717, 1.165) is 11.3 Å². The molecule has 0 fully saturated rings. The van der Waals surface area contributed by atoms with Crippen molar-refractivity contribution in [2.45, 2.75) is 53.6 Å². The fraction of sp³-hybridized carbons (Fsp3) is 0.409. The van der Waals surface area contributed by atoms with Crippen LogP contribution in [0.1, 0.15) is 47.1 Å². The largest absolute Gasteiger partial charge is 0.350 e. The quantitative estimate of drug-likeness (QED) is 0.828. The zero-order valence-corrected chi connectivity index (χ0v) is 18.4. The van der Waals surface area contributed by atoms with Gasteiger partial charge in [-0.15, -0.1) is 11.3 Å². The first kappa shape index (κ1) is 22.7. The molecule has 0 aliphatic heterocycles. The minimum Gasteiger partial charge on any atom is -0.350 e. The maximum atomic E-state index is 13.5. The molecule has 29 heavy (non-hydrogen) atoms. The van der Waals surface area contributed by atoms with E-state index in [1.807, 2.05) is 20.8 Å². The molecule has 1 heterocycles. The molecule has 7 heteroatoms. The van der Waals surface area contributed by atoms with Gasteiger partial charge in [-0.05, 0) is 44.5 Å². The predicted molar refractivity (Wildman–Crippen MR) is 115 cm³/mol. The van der Waals surface area contributed by atoms with Crippen LogP contribution in [-0.4, -0.2) is 21.8 Å². The van der Waals surface area contributed by atoms with Crippen molar-refractivity contribution in [2.75, 3.05) is 0 Å². The van der Waals surface area contributed by atoms with Gasteiger partial charge in [0.1, 0.15) is 17.0 Å². The number of hydrogen-bond acceptors (Lipinski definition) is 4. The molecule has 1 N–H and O–H groups in total. The van der Waals surface area contributed by atoms with Crippen molar-refractivity contribution in [2.24, 2.45) is 5.41 Å². The number of ketones is 1. The SMILES string of the molecule is CC(C)(C)NC(=O)Cn1c(=O)/c(=C\c2cccc(F)c2)s/c1=C\C(=O)C(C)(C)C. The number of nitrogens with zero attached hydrogens (tertiary/aromatic N) is 1. The van der Waals surface area contributed by atoms with Gasteiger partial charge < -0.3 is 5.32 Å². The Morgan fingerprint density at radius 1 is 1.17 bits per heavy atom. The van der Waals surface area contributed by atoms with Gasteiger partial charge in [-0.1, -0.05) is 32.9 Å². The van der Waals surface area contributed by atoms with Gasteiger partial charge in [0.15, 0.2) is 5.78 Å². The highest BCUT2D eigenvalue weighted by Crippen LogP contribution is 2.14. The Bertz CT molecular complexity index is 1100. The van der Waals surface area contributed by atoms with Crippen molar-refractivity contribution >= 4 is 35.2 Å². The number of Topliss-reactive ketones (excluding diaryl/α,β-unsaturated/α-hetero) is 1. The summed E-state index contributed by atoms with van der Waals surface area (Å²) in [7, 11) is 0. The first-order valence-electron chi connectivity index (χ1n) is 9.30. The highest BCUT2D eigenvalue weighted by molar-refractivity contribution is 7.07. The summed E-state index contributed by atoms with van der Waals surface area (Å²) in [6.45, 7) is 10.7. The Labute approximate surface area is 173 Å². The van der Waals surface area contributed by atoms with Crippen LogP contribution >= 0.6 is 11.3 Å². The molecule has 0 aliphatic rings. The molecule has 2 rings (SSSR count). The Morgan fingerprint density at radius 3 is 2.38 bits per heavy atom. The number of halogens is 1. The van der Waals surface area contributed by atoms with Gasteiger partial charge in [-0.2, -0.15) is 0 Å². The lowest BCUT2D eigenvalue weighted by Gasteiger charge is -2.20. The van der Waals surface area contributed by atoms with Crippen LogP contribution in [0.2, 0.25) is 0 Å². The molecule has 0 bridgehead atoms. The molecule has 0 unspecified atom stereocenters. The van der Waals surface area contributed by atoms with Crippen molar-refractivity contribution in [3.63, 3.8) is 0 Å². The highest BCUT2D eigenvalue weighted by Gasteiger charge is 2.20. The Morgan fingerprint density at radius 2 is 1.83 bits per heavy atom. The highest BCUT2D eigenvalue weighted by atomic mass is 32.1. The van der Waals surface area contributed by atoms with E-state index in [9.17, 15) is 18.8 Å². The lowest BCUT2D eigenvalue weighted by atomic mass is 9.91. The standard InChI is InChI=1S/C22H27FN2O3S/c1-21(2,3)17(26)12-19-25(13-18(27)24-22(4,5)6)20(28)16(29-19)11-14-8-7-9-15(23)10-14/h7-12H,13H2,1-6H3,(H,24,27)/b16-11+,19-12-. The maximum Gasteiger partial charge on any atom is 0.269 e. The number of benzene rings is 1. The minimum absolute atomic E-state index is 0.152. The number of hydrogen-bond donors (Lipinski definition) is 1. The third-order valence-electron chi connectivity index (χ3n) is 3.89. The summed E-state index contributed by atoms with van der Waals surface area (Å²) in [4.78, 5) is 37.9. The Kier molecular flexibility index (Phi) is 6.63. The van der Waals surface area contributed by atoms with Gasteiger partial charge in [0.2, 0.25) is 5.91 Å². The lowest BCUT2D eigenvalue weighted by molar-refractivity contribution is -0.123. The Balaban J connectivity index is 2.62. The third kappa shape index (κ3) is 6.49. The van der Waals surface area contributed by atoms with Crippen LogP contribution in [0.5, 0.6) is 0 Å². The molecule has 5 nitrogen and oxygen atoms in total. The van der Waals surface area contributed by atoms with Crippen LogP contribution in [-0.2, 0) is 16.1 Å². The van der Waals surface area contributed by atoms with Crippen LogP contribution < -0.4 is 20.1 Å². The number of nitrogens with one attached hydrogen (secondary N) is 1. The summed E-state index contributed by atoms with van der Waals surface area (Å²) >= 11 is 1.11. The van der Waals surface area contributed by atoms with Gasteiger partial charge in [-0.25, -0.2) is 4.39 Å². The number of carbonyl (C=O) groups is 2. The smallest absolute Gasteiger partial charge is 0.269 e. The molecule has 2 aromatic rings. The molecule has 0 saturated heterocycles. The molecule has 156 valence electrons. The third-order valence-corrected chi connectivity index (χ3v) is 4.95. The summed E-state index contributed by atoms with van der Waals surface area (Å²) < 4.78 is 15.5. The summed E-state index contributed by atoms with van der Waals surface area (Å²) in [5.41, 5.74) is -0.928. The molecule has 0 atom stereocenters. The monoisotopic (exact) mass is 418 g/mol. The second-order valence-electron chi connectivity index (χ2n) is 8.95. The average molecular weight is 419 g/mol. The van der Waals surface area contributed by atoms with Crippen LogP contribution in [0.4, 0.5) is 4.39 Å². The molecule has 0 saturated carbocycles. The van der Waals surface area contributed by atoms with Crippen LogP contribution in [0.3, 0.4) is 0 Å². The predicted octanol–water partition coefficient (Wildman–Crippen LogP) is 2.19. The fourth-order valence-corrected chi connectivity index (χ4v) is 3.51. The first-order valence-corrected chi connectivity index (χ1v) is 10.1. The second kappa shape index (κ2) is 8.45. The maximum absolute atomic E-state index is 13.5. The number of amides is 1. The van der Waals surface area contributed by atoms with E-state index in [1.165, 1.54) is 22.8 Å². The second-order valence-corrected chi connectivity index (χ2v) is 10.0. The van der Waals surface area contributed by atoms with Crippen molar-refractivity contribution in [3.8, 4) is 0 Å². The molecule has 0 aliphatic carbocycles. The first-order chi connectivity index (χ1) is 13.3. The van der Waals surface area contributed by atoms with Gasteiger partial charge in [0, 0.05) is 17.0 Å². The molecular weight excluding hydrogens is 391 g/mol. The molecular formula is C22H27FN2O3S. The van der Waals surface area contributed by atoms with E-state index in [1.54, 1.807) is 39.0 Å². The van der Waals surface area contributed by atoms with Gasteiger partial charge in [-0.3, -0.25) is 19.0 Å². The van der Waals surface area contributed by atoms with Crippen LogP contribution in [0, 0.1) is 11.2 Å². The zero-order chi connectivity index (χ0) is 22.0. The minimum atomic E-state index is -0.620. The zero-order valence-electron chi connectivity index (χ0n) is 17.6. The van der Waals surface area contributed by atoms with Crippen molar-refractivity contribution in [3.05, 3.63) is 55.2 Å². The average Bonchev–Trinajstić information content (AvgIpc) is 2.81. The van der Waals surface area contributed by atoms with Crippen molar-refractivity contribution < 1.29 is 14.0 Å². The van der Waals surface area contributed by atoms with E-state index < -0.39 is 22.3 Å². The number of aromatic nitrogens is 1. The van der Waals surface area contributed by atoms with Crippen molar-refractivity contribution in [1.29, 1.82) is 0 Å². The summed E-state index contributed by atoms with van der Waals surface area (Å²) in [5.74, 6) is -0.886. The normalized spacial score (nSPS) is 13.6. The summed E-state index contributed by atoms with van der Waals surface area (Å²) in [5, 5.41) is 2.82. The van der Waals surface area contributed by atoms with Crippen LogP contribution in [0.25, 0.3) is 12.2 Å². The summed E-state index contributed by atoms with van der Waals surface area (Å²) in [6.07, 6.45) is 2.96. The molecule has 1 aromatic carbocycles. The Hall–Kier alpha value is -2.54. The lowest BCUT2D eigenvalue weighted by Crippen LogP contribution is -2.45. The van der Waals surface area contributed by atoms with E-state index in [-0.39, 0.29) is 18.2 Å². The van der Waals surface area contributed by atoms with Crippen molar-refractivity contribution in [1.82, 2.24) is 9.88 Å². The molecule has 0 spiro atoms. The molecule has 1 aromatic heterocycles. The van der Waals surface area contributed by atoms with Gasteiger partial charge >= 0.3 is 0 Å². The number of thiazole rings is 1. The molecule has 1 amide bonds. The number of rotatable bonds is 4. The van der Waals surface area contributed by atoms with E-state index in [4.69, 9.17) is 0 Å². The van der Waals surface area contributed by atoms with Gasteiger partial charge in [0.25, 0.3) is 5.56 Å². The van der Waals surface area contributed by atoms with E-state index in [0.29, 0.717) is 14.8 Å².